The van der Waals surface area contributed by atoms with Crippen LogP contribution < -0.4 is 10.2 Å². The molecule has 0 aliphatic carbocycles. The molecule has 2 rings (SSSR count). The van der Waals surface area contributed by atoms with Crippen molar-refractivity contribution in [2.45, 2.75) is 30.7 Å². The first kappa shape index (κ1) is 23.6. The molecule has 0 radical (unpaired) electrons. The molecule has 0 bridgehead atoms. The van der Waals surface area contributed by atoms with Crippen LogP contribution in [0.15, 0.2) is 53.4 Å². The van der Waals surface area contributed by atoms with Gasteiger partial charge in [-0.2, -0.15) is 4.31 Å². The largest absolute Gasteiger partial charge is 0.481 e. The lowest BCUT2D eigenvalue weighted by Gasteiger charge is -2.35. The number of carboxylic acid groups (broad SMARTS) is 1. The zero-order chi connectivity index (χ0) is 22.5. The summed E-state index contributed by atoms with van der Waals surface area (Å²) in [6, 6.07) is 12.0. The number of carboxylic acids is 1. The van der Waals surface area contributed by atoms with Crippen molar-refractivity contribution in [1.82, 2.24) is 9.79 Å². The van der Waals surface area contributed by atoms with Crippen molar-refractivity contribution in [3.63, 3.8) is 0 Å². The molecule has 30 heavy (non-hydrogen) atoms. The fourth-order valence-electron chi connectivity index (χ4n) is 2.59. The van der Waals surface area contributed by atoms with Crippen molar-refractivity contribution < 1.29 is 33.1 Å². The molecule has 0 spiro atoms. The maximum Gasteiger partial charge on any atom is 0.304 e. The first-order valence-corrected chi connectivity index (χ1v) is 10.5. The van der Waals surface area contributed by atoms with Crippen molar-refractivity contribution in [2.75, 3.05) is 6.54 Å². The molecule has 0 heterocycles. The third-order valence-corrected chi connectivity index (χ3v) is 6.61. The summed E-state index contributed by atoms with van der Waals surface area (Å²) in [6.07, 6.45) is -0.529. The normalized spacial score (nSPS) is 11.9. The number of nitrogens with one attached hydrogen (secondary N) is 1. The van der Waals surface area contributed by atoms with Crippen LogP contribution in [0.5, 0.6) is 11.5 Å². The van der Waals surface area contributed by atoms with Crippen LogP contribution in [-0.4, -0.2) is 47.0 Å². The standard InChI is InChI=1S/C19H21ClN2O7S/c1-19(2,18(25)21-26)22(12-11-17(23)24)30(27,28)16-9-7-15(8-10-16)29-14-5-3-13(20)4-6-14/h3-10,26H,11-12H2,1-2H3,(H,21,25)(H,23,24). The Morgan fingerprint density at radius 1 is 1.07 bits per heavy atom. The molecular formula is C19H21ClN2O7S. The van der Waals surface area contributed by atoms with Crippen LogP contribution >= 0.6 is 11.6 Å². The molecule has 0 unspecified atom stereocenters. The fraction of sp³-hybridized carbons (Fsp3) is 0.263. The molecule has 0 aromatic heterocycles. The topological polar surface area (TPSA) is 133 Å². The molecule has 3 N–H and O–H groups in total. The molecule has 11 heteroatoms. The smallest absolute Gasteiger partial charge is 0.304 e. The van der Waals surface area contributed by atoms with Gasteiger partial charge in [0.05, 0.1) is 11.3 Å². The third-order valence-electron chi connectivity index (χ3n) is 4.27. The van der Waals surface area contributed by atoms with Crippen LogP contribution in [0.4, 0.5) is 0 Å². The van der Waals surface area contributed by atoms with E-state index in [1.807, 2.05) is 0 Å². The number of hydrogen-bond acceptors (Lipinski definition) is 6. The van der Waals surface area contributed by atoms with E-state index in [-0.39, 0.29) is 4.90 Å². The van der Waals surface area contributed by atoms with E-state index in [0.717, 1.165) is 4.31 Å². The molecule has 2 aromatic carbocycles. The van der Waals surface area contributed by atoms with E-state index in [0.29, 0.717) is 16.5 Å². The van der Waals surface area contributed by atoms with Gasteiger partial charge in [-0.25, -0.2) is 13.9 Å². The van der Waals surface area contributed by atoms with Gasteiger partial charge in [-0.1, -0.05) is 11.6 Å². The number of aliphatic carboxylic acids is 1. The molecule has 1 amide bonds. The Balaban J connectivity index is 2.33. The number of hydroxylamine groups is 1. The summed E-state index contributed by atoms with van der Waals surface area (Å²) in [6.45, 7) is 2.05. The van der Waals surface area contributed by atoms with Crippen LogP contribution in [0.2, 0.25) is 5.02 Å². The highest BCUT2D eigenvalue weighted by molar-refractivity contribution is 7.89. The lowest BCUT2D eigenvalue weighted by molar-refractivity contribution is -0.140. The number of hydrogen-bond donors (Lipinski definition) is 3. The molecule has 0 saturated carbocycles. The number of sulfonamides is 1. The summed E-state index contributed by atoms with van der Waals surface area (Å²) in [5, 5.41) is 18.5. The number of ether oxygens (including phenoxy) is 1. The van der Waals surface area contributed by atoms with E-state index in [1.54, 1.807) is 24.3 Å². The minimum absolute atomic E-state index is 0.171. The van der Waals surface area contributed by atoms with Crippen LogP contribution in [0.1, 0.15) is 20.3 Å². The van der Waals surface area contributed by atoms with E-state index < -0.39 is 40.4 Å². The Labute approximate surface area is 178 Å². The molecule has 0 fully saturated rings. The van der Waals surface area contributed by atoms with Crippen molar-refractivity contribution in [1.29, 1.82) is 0 Å². The third kappa shape index (κ3) is 5.48. The summed E-state index contributed by atoms with van der Waals surface area (Å²) in [5.74, 6) is -1.37. The first-order valence-electron chi connectivity index (χ1n) is 8.71. The Hall–Kier alpha value is -2.66. The second-order valence-corrected chi connectivity index (χ2v) is 9.05. The van der Waals surface area contributed by atoms with Gasteiger partial charge >= 0.3 is 5.97 Å². The number of amides is 1. The first-order chi connectivity index (χ1) is 14.0. The molecule has 2 aromatic rings. The van der Waals surface area contributed by atoms with Gasteiger partial charge in [0.25, 0.3) is 5.91 Å². The number of nitrogens with zero attached hydrogens (tertiary/aromatic N) is 1. The van der Waals surface area contributed by atoms with Gasteiger partial charge in [0, 0.05) is 11.6 Å². The van der Waals surface area contributed by atoms with Crippen LogP contribution in [-0.2, 0) is 19.6 Å². The van der Waals surface area contributed by atoms with Crippen LogP contribution in [0.25, 0.3) is 0 Å². The Kier molecular flexibility index (Phi) is 7.43. The lowest BCUT2D eigenvalue weighted by Crippen LogP contribution is -2.56. The van der Waals surface area contributed by atoms with E-state index in [9.17, 15) is 18.0 Å². The maximum atomic E-state index is 13.1. The summed E-state index contributed by atoms with van der Waals surface area (Å²) < 4.78 is 32.6. The van der Waals surface area contributed by atoms with Crippen molar-refractivity contribution in [3.05, 3.63) is 53.6 Å². The SMILES string of the molecule is CC(C)(C(=O)NO)N(CCC(=O)O)S(=O)(=O)c1ccc(Oc2ccc(Cl)cc2)cc1. The quantitative estimate of drug-likeness (QED) is 0.390. The molecular weight excluding hydrogens is 436 g/mol. The summed E-state index contributed by atoms with van der Waals surface area (Å²) in [4.78, 5) is 22.8. The van der Waals surface area contributed by atoms with E-state index in [4.69, 9.17) is 26.7 Å². The predicted octanol–water partition coefficient (Wildman–Crippen LogP) is 2.88. The Morgan fingerprint density at radius 2 is 1.57 bits per heavy atom. The summed E-state index contributed by atoms with van der Waals surface area (Å²) >= 11 is 5.82. The van der Waals surface area contributed by atoms with Gasteiger partial charge in [-0.3, -0.25) is 14.8 Å². The predicted molar refractivity (Wildman–Crippen MR) is 108 cm³/mol. The van der Waals surface area contributed by atoms with Gasteiger partial charge in [0.1, 0.15) is 17.0 Å². The highest BCUT2D eigenvalue weighted by Gasteiger charge is 2.42. The van der Waals surface area contributed by atoms with Crippen molar-refractivity contribution >= 4 is 33.5 Å². The highest BCUT2D eigenvalue weighted by atomic mass is 35.5. The molecule has 0 atom stereocenters. The van der Waals surface area contributed by atoms with E-state index in [1.165, 1.54) is 43.6 Å². The second kappa shape index (κ2) is 9.43. The number of rotatable bonds is 9. The van der Waals surface area contributed by atoms with Crippen LogP contribution in [0.3, 0.4) is 0 Å². The molecule has 162 valence electrons. The Bertz CT molecular complexity index is 1010. The minimum Gasteiger partial charge on any atom is -0.481 e. The van der Waals surface area contributed by atoms with Crippen LogP contribution in [0, 0.1) is 0 Å². The number of carbonyl (C=O) groups is 2. The van der Waals surface area contributed by atoms with Gasteiger partial charge in [-0.05, 0) is 62.4 Å². The molecule has 9 nitrogen and oxygen atoms in total. The molecule has 0 aliphatic heterocycles. The maximum absolute atomic E-state index is 13.1. The Morgan fingerprint density at radius 3 is 2.03 bits per heavy atom. The van der Waals surface area contributed by atoms with Gasteiger partial charge < -0.3 is 9.84 Å². The zero-order valence-corrected chi connectivity index (χ0v) is 17.8. The average molecular weight is 457 g/mol. The average Bonchev–Trinajstić information content (AvgIpc) is 2.69. The minimum atomic E-state index is -4.28. The highest BCUT2D eigenvalue weighted by Crippen LogP contribution is 2.28. The number of halogens is 1. The number of carbonyl (C=O) groups excluding carboxylic acids is 1. The summed E-state index contributed by atoms with van der Waals surface area (Å²) in [7, 11) is -4.28. The summed E-state index contributed by atoms with van der Waals surface area (Å²) in [5.41, 5.74) is -0.333. The van der Waals surface area contributed by atoms with Gasteiger partial charge in [0.15, 0.2) is 0 Å². The number of benzene rings is 2. The van der Waals surface area contributed by atoms with Gasteiger partial charge in [0.2, 0.25) is 10.0 Å². The lowest BCUT2D eigenvalue weighted by atomic mass is 10.1. The monoisotopic (exact) mass is 456 g/mol. The van der Waals surface area contributed by atoms with Gasteiger partial charge in [-0.15, -0.1) is 0 Å². The zero-order valence-electron chi connectivity index (χ0n) is 16.2. The van der Waals surface area contributed by atoms with E-state index in [2.05, 4.69) is 0 Å². The molecule has 0 saturated heterocycles. The second-order valence-electron chi connectivity index (χ2n) is 6.75. The molecule has 0 aliphatic rings. The van der Waals surface area contributed by atoms with E-state index >= 15 is 0 Å². The van der Waals surface area contributed by atoms with Crippen molar-refractivity contribution in [2.24, 2.45) is 0 Å². The van der Waals surface area contributed by atoms with Crippen molar-refractivity contribution in [3.8, 4) is 11.5 Å². The fourth-order valence-corrected chi connectivity index (χ4v) is 4.47.